The smallest absolute Gasteiger partial charge is 0.169 e. The number of piperidine rings is 1. The zero-order valence-electron chi connectivity index (χ0n) is 14.5. The average molecular weight is 378 g/mol. The van der Waals surface area contributed by atoms with Gasteiger partial charge in [-0.05, 0) is 67.4 Å². The fourth-order valence-corrected chi connectivity index (χ4v) is 4.77. The predicted molar refractivity (Wildman–Crippen MR) is 104 cm³/mol. The van der Waals surface area contributed by atoms with E-state index >= 15 is 0 Å². The highest BCUT2D eigenvalue weighted by Gasteiger charge is 2.35. The van der Waals surface area contributed by atoms with Gasteiger partial charge in [0.25, 0.3) is 0 Å². The number of benzene rings is 1. The molecule has 2 heterocycles. The number of rotatable bonds is 6. The lowest BCUT2D eigenvalue weighted by Crippen LogP contribution is -2.46. The van der Waals surface area contributed by atoms with Crippen molar-refractivity contribution in [3.8, 4) is 0 Å². The van der Waals surface area contributed by atoms with E-state index in [1.54, 1.807) is 6.92 Å². The number of ketones is 1. The van der Waals surface area contributed by atoms with E-state index in [2.05, 4.69) is 16.3 Å². The maximum atomic E-state index is 11.5. The van der Waals surface area contributed by atoms with Crippen LogP contribution in [0.3, 0.4) is 0 Å². The summed E-state index contributed by atoms with van der Waals surface area (Å²) in [6.45, 7) is 4.52. The van der Waals surface area contributed by atoms with E-state index in [0.717, 1.165) is 48.8 Å². The minimum Gasteiger partial charge on any atom is -0.396 e. The van der Waals surface area contributed by atoms with Gasteiger partial charge in [-0.2, -0.15) is 0 Å². The van der Waals surface area contributed by atoms with Crippen molar-refractivity contribution in [2.75, 3.05) is 19.7 Å². The van der Waals surface area contributed by atoms with Gasteiger partial charge in [-0.25, -0.2) is 0 Å². The fourth-order valence-electron chi connectivity index (χ4n) is 3.76. The maximum absolute atomic E-state index is 11.5. The third kappa shape index (κ3) is 4.70. The highest BCUT2D eigenvalue weighted by atomic mass is 35.5. The van der Waals surface area contributed by atoms with Crippen LogP contribution in [0.2, 0.25) is 5.02 Å². The lowest BCUT2D eigenvalue weighted by Gasteiger charge is -2.42. The number of carbonyl (C=O) groups is 1. The first-order valence-corrected chi connectivity index (χ1v) is 9.91. The topological polar surface area (TPSA) is 40.5 Å². The van der Waals surface area contributed by atoms with Gasteiger partial charge in [0.1, 0.15) is 0 Å². The Kier molecular flexibility index (Phi) is 5.95. The molecule has 5 heteroatoms. The van der Waals surface area contributed by atoms with Crippen molar-refractivity contribution in [2.24, 2.45) is 5.41 Å². The molecular formula is C20H24ClNO2S. The van der Waals surface area contributed by atoms with Gasteiger partial charge in [0.15, 0.2) is 5.78 Å². The summed E-state index contributed by atoms with van der Waals surface area (Å²) in [4.78, 5) is 14.7. The Balaban J connectivity index is 1.70. The second-order valence-corrected chi connectivity index (χ2v) is 8.50. The number of nitrogens with zero attached hydrogens (tertiary/aromatic N) is 1. The number of hydrogen-bond acceptors (Lipinski definition) is 4. The van der Waals surface area contributed by atoms with E-state index < -0.39 is 0 Å². The molecule has 0 bridgehead atoms. The van der Waals surface area contributed by atoms with Gasteiger partial charge < -0.3 is 5.11 Å². The molecule has 0 unspecified atom stereocenters. The normalized spacial score (nSPS) is 21.4. The van der Waals surface area contributed by atoms with Crippen molar-refractivity contribution in [1.29, 1.82) is 0 Å². The van der Waals surface area contributed by atoms with E-state index in [0.29, 0.717) is 0 Å². The van der Waals surface area contributed by atoms with Gasteiger partial charge in [-0.3, -0.25) is 9.69 Å². The SMILES string of the molecule is CC(=O)c1cc(CN2CCC[C@](CO)(Cc3cccc(Cl)c3)C2)cs1. The molecule has 1 aliphatic rings. The van der Waals surface area contributed by atoms with E-state index in [-0.39, 0.29) is 17.8 Å². The molecule has 1 N–H and O–H groups in total. The number of carbonyl (C=O) groups excluding carboxylic acids is 1. The average Bonchev–Trinajstić information content (AvgIpc) is 3.04. The second kappa shape index (κ2) is 8.00. The van der Waals surface area contributed by atoms with Gasteiger partial charge in [0.05, 0.1) is 11.5 Å². The zero-order chi connectivity index (χ0) is 17.9. The van der Waals surface area contributed by atoms with E-state index in [1.807, 2.05) is 24.3 Å². The van der Waals surface area contributed by atoms with Gasteiger partial charge >= 0.3 is 0 Å². The van der Waals surface area contributed by atoms with Crippen molar-refractivity contribution >= 4 is 28.7 Å². The van der Waals surface area contributed by atoms with Crippen molar-refractivity contribution in [3.63, 3.8) is 0 Å². The third-order valence-electron chi connectivity index (χ3n) is 4.95. The summed E-state index contributed by atoms with van der Waals surface area (Å²) < 4.78 is 0. The van der Waals surface area contributed by atoms with Crippen LogP contribution < -0.4 is 0 Å². The molecule has 1 aliphatic heterocycles. The molecule has 1 fully saturated rings. The van der Waals surface area contributed by atoms with Crippen LogP contribution in [0.5, 0.6) is 0 Å². The van der Waals surface area contributed by atoms with Crippen molar-refractivity contribution in [2.45, 2.75) is 32.7 Å². The molecule has 1 aromatic heterocycles. The highest BCUT2D eigenvalue weighted by molar-refractivity contribution is 7.12. The van der Waals surface area contributed by atoms with Crippen molar-refractivity contribution in [3.05, 3.63) is 56.7 Å². The molecule has 0 spiro atoms. The summed E-state index contributed by atoms with van der Waals surface area (Å²) in [5.74, 6) is 0.126. The number of halogens is 1. The highest BCUT2D eigenvalue weighted by Crippen LogP contribution is 2.34. The predicted octanol–water partition coefficient (Wildman–Crippen LogP) is 4.42. The Morgan fingerprint density at radius 2 is 2.20 bits per heavy atom. The molecular weight excluding hydrogens is 354 g/mol. The number of hydrogen-bond donors (Lipinski definition) is 1. The largest absolute Gasteiger partial charge is 0.396 e. The fraction of sp³-hybridized carbons (Fsp3) is 0.450. The Hall–Kier alpha value is -1.20. The van der Waals surface area contributed by atoms with Crippen LogP contribution in [0.4, 0.5) is 0 Å². The quantitative estimate of drug-likeness (QED) is 0.757. The summed E-state index contributed by atoms with van der Waals surface area (Å²) in [6, 6.07) is 9.93. The summed E-state index contributed by atoms with van der Waals surface area (Å²) in [7, 11) is 0. The maximum Gasteiger partial charge on any atom is 0.169 e. The van der Waals surface area contributed by atoms with Crippen molar-refractivity contribution < 1.29 is 9.90 Å². The molecule has 0 aliphatic carbocycles. The first kappa shape index (κ1) is 18.6. The Labute approximate surface area is 158 Å². The van der Waals surface area contributed by atoms with Crippen LogP contribution in [0.25, 0.3) is 0 Å². The number of aliphatic hydroxyl groups excluding tert-OH is 1. The lowest BCUT2D eigenvalue weighted by molar-refractivity contribution is 0.0289. The van der Waals surface area contributed by atoms with Gasteiger partial charge in [0, 0.05) is 23.5 Å². The van der Waals surface area contributed by atoms with E-state index in [1.165, 1.54) is 22.5 Å². The number of likely N-dealkylation sites (tertiary alicyclic amines) is 1. The van der Waals surface area contributed by atoms with Gasteiger partial charge in [0.2, 0.25) is 0 Å². The lowest BCUT2D eigenvalue weighted by atomic mass is 9.75. The molecule has 3 nitrogen and oxygen atoms in total. The Bertz CT molecular complexity index is 745. The molecule has 1 saturated heterocycles. The monoisotopic (exact) mass is 377 g/mol. The minimum absolute atomic E-state index is 0.123. The van der Waals surface area contributed by atoms with Crippen molar-refractivity contribution in [1.82, 2.24) is 4.90 Å². The third-order valence-corrected chi connectivity index (χ3v) is 6.27. The molecule has 3 rings (SSSR count). The first-order valence-electron chi connectivity index (χ1n) is 8.66. The molecule has 0 saturated carbocycles. The van der Waals surface area contributed by atoms with Crippen LogP contribution in [0, 0.1) is 5.41 Å². The molecule has 0 radical (unpaired) electrons. The van der Waals surface area contributed by atoms with E-state index in [4.69, 9.17) is 11.6 Å². The summed E-state index contributed by atoms with van der Waals surface area (Å²) in [6.07, 6.45) is 2.93. The molecule has 0 amide bonds. The summed E-state index contributed by atoms with van der Waals surface area (Å²) in [5.41, 5.74) is 2.24. The van der Waals surface area contributed by atoms with Crippen LogP contribution in [-0.4, -0.2) is 35.5 Å². The van der Waals surface area contributed by atoms with Crippen LogP contribution in [-0.2, 0) is 13.0 Å². The summed E-state index contributed by atoms with van der Waals surface area (Å²) >= 11 is 7.63. The molecule has 1 atom stereocenters. The number of Topliss-reactive ketones (excluding diaryl/α,β-unsaturated/α-hetero) is 1. The van der Waals surface area contributed by atoms with Gasteiger partial charge in [-0.15, -0.1) is 11.3 Å². The number of aliphatic hydroxyl groups is 1. The number of thiophene rings is 1. The second-order valence-electron chi connectivity index (χ2n) is 7.15. The summed E-state index contributed by atoms with van der Waals surface area (Å²) in [5, 5.41) is 12.9. The minimum atomic E-state index is -0.123. The molecule has 2 aromatic rings. The zero-order valence-corrected chi connectivity index (χ0v) is 16.1. The van der Waals surface area contributed by atoms with Crippen LogP contribution in [0.15, 0.2) is 35.7 Å². The Morgan fingerprint density at radius 3 is 2.88 bits per heavy atom. The van der Waals surface area contributed by atoms with Crippen LogP contribution >= 0.6 is 22.9 Å². The molecule has 25 heavy (non-hydrogen) atoms. The molecule has 1 aromatic carbocycles. The molecule has 134 valence electrons. The van der Waals surface area contributed by atoms with E-state index in [9.17, 15) is 9.90 Å². The Morgan fingerprint density at radius 1 is 1.36 bits per heavy atom. The van der Waals surface area contributed by atoms with Crippen LogP contribution in [0.1, 0.15) is 40.6 Å². The first-order chi connectivity index (χ1) is 12.0. The van der Waals surface area contributed by atoms with Gasteiger partial charge in [-0.1, -0.05) is 23.7 Å². The standard InChI is InChI=1S/C20H24ClNO2S/c1-15(24)19-9-17(12-25-19)11-22-7-3-6-20(13-22,14-23)10-16-4-2-5-18(21)8-16/h2,4-5,8-9,12,23H,3,6-7,10-11,13-14H2,1H3/t20-/m0/s1.